The average molecular weight is 277 g/mol. The summed E-state index contributed by atoms with van der Waals surface area (Å²) in [6.45, 7) is 4.56. The van der Waals surface area contributed by atoms with Gasteiger partial charge < -0.3 is 9.47 Å². The summed E-state index contributed by atoms with van der Waals surface area (Å²) in [6.07, 6.45) is 2.39. The maximum Gasteiger partial charge on any atom is 0.176 e. The van der Waals surface area contributed by atoms with Gasteiger partial charge >= 0.3 is 0 Å². The van der Waals surface area contributed by atoms with E-state index >= 15 is 0 Å². The monoisotopic (exact) mass is 277 g/mol. The molecule has 1 aromatic carbocycles. The van der Waals surface area contributed by atoms with E-state index in [1.807, 2.05) is 31.2 Å². The van der Waals surface area contributed by atoms with Crippen LogP contribution in [0.15, 0.2) is 24.3 Å². The molecule has 4 nitrogen and oxygen atoms in total. The highest BCUT2D eigenvalue weighted by Crippen LogP contribution is 2.26. The minimum Gasteiger partial charge on any atom is -0.494 e. The Morgan fingerprint density at radius 2 is 2.00 bits per heavy atom. The maximum atomic E-state index is 12.3. The van der Waals surface area contributed by atoms with Gasteiger partial charge in [0.25, 0.3) is 0 Å². The molecular formula is C16H23NO3. The van der Waals surface area contributed by atoms with Crippen LogP contribution in [0.2, 0.25) is 0 Å². The Kier molecular flexibility index (Phi) is 5.56. The normalized spacial score (nSPS) is 14.6. The molecule has 110 valence electrons. The molecule has 4 heteroatoms. The number of rotatable bonds is 9. The first-order valence-corrected chi connectivity index (χ1v) is 7.23. The number of hydrogen-bond acceptors (Lipinski definition) is 4. The fraction of sp³-hybridized carbons (Fsp3) is 0.562. The van der Waals surface area contributed by atoms with Crippen molar-refractivity contribution >= 4 is 5.78 Å². The summed E-state index contributed by atoms with van der Waals surface area (Å²) in [5.74, 6) is 0.971. The van der Waals surface area contributed by atoms with E-state index in [9.17, 15) is 4.79 Å². The Labute approximate surface area is 120 Å². The topological polar surface area (TPSA) is 38.8 Å². The highest BCUT2D eigenvalue weighted by atomic mass is 16.5. The highest BCUT2D eigenvalue weighted by Gasteiger charge is 2.30. The second kappa shape index (κ2) is 7.41. The van der Waals surface area contributed by atoms with E-state index in [1.165, 1.54) is 12.8 Å². The first-order valence-electron chi connectivity index (χ1n) is 7.23. The van der Waals surface area contributed by atoms with Crippen molar-refractivity contribution in [1.82, 2.24) is 4.90 Å². The number of Topliss-reactive ketones (excluding diaryl/α,β-unsaturated/α-hetero) is 1. The largest absolute Gasteiger partial charge is 0.494 e. The predicted octanol–water partition coefficient (Wildman–Crippen LogP) is 2.38. The van der Waals surface area contributed by atoms with Gasteiger partial charge in [-0.1, -0.05) is 0 Å². The number of carbonyl (C=O) groups is 1. The summed E-state index contributed by atoms with van der Waals surface area (Å²) in [7, 11) is 1.69. The summed E-state index contributed by atoms with van der Waals surface area (Å²) in [5, 5.41) is 0. The fourth-order valence-electron chi connectivity index (χ4n) is 2.22. The van der Waals surface area contributed by atoms with Crippen LogP contribution in [0.1, 0.15) is 30.1 Å². The number of nitrogens with zero attached hydrogens (tertiary/aromatic N) is 1. The van der Waals surface area contributed by atoms with E-state index in [1.54, 1.807) is 7.11 Å². The molecule has 0 bridgehead atoms. The summed E-state index contributed by atoms with van der Waals surface area (Å²) < 4.78 is 10.5. The number of ether oxygens (including phenoxy) is 2. The second-order valence-electron chi connectivity index (χ2n) is 5.08. The molecule has 0 amide bonds. The predicted molar refractivity (Wildman–Crippen MR) is 78.4 cm³/mol. The van der Waals surface area contributed by atoms with Crippen molar-refractivity contribution in [3.63, 3.8) is 0 Å². The summed E-state index contributed by atoms with van der Waals surface area (Å²) in [6, 6.07) is 7.96. The van der Waals surface area contributed by atoms with Gasteiger partial charge in [0.05, 0.1) is 19.8 Å². The molecule has 0 unspecified atom stereocenters. The number of hydrogen-bond donors (Lipinski definition) is 0. The van der Waals surface area contributed by atoms with Gasteiger partial charge in [-0.2, -0.15) is 0 Å². The quantitative estimate of drug-likeness (QED) is 0.650. The van der Waals surface area contributed by atoms with Crippen LogP contribution in [0.25, 0.3) is 0 Å². The van der Waals surface area contributed by atoms with Crippen LogP contribution in [0.4, 0.5) is 0 Å². The van der Waals surface area contributed by atoms with Gasteiger partial charge in [-0.3, -0.25) is 9.69 Å². The van der Waals surface area contributed by atoms with Crippen LogP contribution in [0, 0.1) is 0 Å². The first kappa shape index (κ1) is 15.0. The van der Waals surface area contributed by atoms with Gasteiger partial charge in [0.15, 0.2) is 5.78 Å². The zero-order valence-corrected chi connectivity index (χ0v) is 12.3. The molecule has 0 aromatic heterocycles. The molecule has 0 heterocycles. The fourth-order valence-corrected chi connectivity index (χ4v) is 2.22. The minimum atomic E-state index is 0.163. The van der Waals surface area contributed by atoms with Crippen LogP contribution in [-0.4, -0.2) is 50.1 Å². The molecule has 0 aliphatic heterocycles. The minimum absolute atomic E-state index is 0.163. The zero-order valence-electron chi connectivity index (χ0n) is 12.3. The van der Waals surface area contributed by atoms with Crippen LogP contribution < -0.4 is 4.74 Å². The molecule has 1 fully saturated rings. The van der Waals surface area contributed by atoms with Crippen molar-refractivity contribution < 1.29 is 14.3 Å². The maximum absolute atomic E-state index is 12.3. The third kappa shape index (κ3) is 4.32. The highest BCUT2D eigenvalue weighted by molar-refractivity contribution is 5.97. The van der Waals surface area contributed by atoms with Crippen molar-refractivity contribution in [3.05, 3.63) is 29.8 Å². The van der Waals surface area contributed by atoms with E-state index in [0.717, 1.165) is 17.9 Å². The average Bonchev–Trinajstić information content (AvgIpc) is 3.29. The van der Waals surface area contributed by atoms with Gasteiger partial charge in [0.1, 0.15) is 5.75 Å². The number of methoxy groups -OCH3 is 1. The summed E-state index contributed by atoms with van der Waals surface area (Å²) in [4.78, 5) is 14.5. The number of ketones is 1. The SMILES string of the molecule is CCOc1ccc(C(=O)CN(CCOC)C2CC2)cc1. The van der Waals surface area contributed by atoms with Gasteiger partial charge in [-0.05, 0) is 44.0 Å². The Morgan fingerprint density at radius 3 is 2.55 bits per heavy atom. The molecular weight excluding hydrogens is 254 g/mol. The van der Waals surface area contributed by atoms with Crippen molar-refractivity contribution in [1.29, 1.82) is 0 Å². The molecule has 0 radical (unpaired) electrons. The van der Waals surface area contributed by atoms with Crippen molar-refractivity contribution in [2.75, 3.05) is 33.4 Å². The molecule has 1 aliphatic carbocycles. The van der Waals surface area contributed by atoms with Crippen molar-refractivity contribution in [3.8, 4) is 5.75 Å². The molecule has 20 heavy (non-hydrogen) atoms. The third-order valence-corrected chi connectivity index (χ3v) is 3.48. The van der Waals surface area contributed by atoms with Crippen LogP contribution in [0.3, 0.4) is 0 Å². The third-order valence-electron chi connectivity index (χ3n) is 3.48. The van der Waals surface area contributed by atoms with Crippen molar-refractivity contribution in [2.45, 2.75) is 25.8 Å². The lowest BCUT2D eigenvalue weighted by Crippen LogP contribution is -2.34. The van der Waals surface area contributed by atoms with Crippen LogP contribution in [-0.2, 0) is 4.74 Å². The standard InChI is InChI=1S/C16H23NO3/c1-3-20-15-8-4-13(5-9-15)16(18)12-17(10-11-19-2)14-6-7-14/h4-5,8-9,14H,3,6-7,10-12H2,1-2H3. The molecule has 1 saturated carbocycles. The summed E-state index contributed by atoms with van der Waals surface area (Å²) in [5.41, 5.74) is 0.747. The smallest absolute Gasteiger partial charge is 0.176 e. The van der Waals surface area contributed by atoms with Crippen molar-refractivity contribution in [2.24, 2.45) is 0 Å². The van der Waals surface area contributed by atoms with Gasteiger partial charge in [0.2, 0.25) is 0 Å². The zero-order chi connectivity index (χ0) is 14.4. The van der Waals surface area contributed by atoms with E-state index in [0.29, 0.717) is 25.8 Å². The molecule has 0 N–H and O–H groups in total. The van der Waals surface area contributed by atoms with E-state index in [-0.39, 0.29) is 5.78 Å². The number of carbonyl (C=O) groups excluding carboxylic acids is 1. The molecule has 0 atom stereocenters. The van der Waals surface area contributed by atoms with Crippen LogP contribution in [0.5, 0.6) is 5.75 Å². The summed E-state index contributed by atoms with van der Waals surface area (Å²) >= 11 is 0. The molecule has 1 aromatic rings. The van der Waals surface area contributed by atoms with Crippen LogP contribution >= 0.6 is 0 Å². The Bertz CT molecular complexity index is 426. The Balaban J connectivity index is 1.91. The Hall–Kier alpha value is -1.39. The second-order valence-corrected chi connectivity index (χ2v) is 5.08. The lowest BCUT2D eigenvalue weighted by molar-refractivity contribution is 0.0886. The number of benzene rings is 1. The lowest BCUT2D eigenvalue weighted by Gasteiger charge is -2.20. The van der Waals surface area contributed by atoms with Gasteiger partial charge in [-0.15, -0.1) is 0 Å². The van der Waals surface area contributed by atoms with Gasteiger partial charge in [0, 0.05) is 25.3 Å². The van der Waals surface area contributed by atoms with E-state index in [4.69, 9.17) is 9.47 Å². The molecule has 2 rings (SSSR count). The molecule has 0 spiro atoms. The molecule has 1 aliphatic rings. The van der Waals surface area contributed by atoms with Gasteiger partial charge in [-0.25, -0.2) is 0 Å². The first-order chi connectivity index (χ1) is 9.74. The van der Waals surface area contributed by atoms with E-state index in [2.05, 4.69) is 4.90 Å². The molecule has 0 saturated heterocycles. The Morgan fingerprint density at radius 1 is 1.30 bits per heavy atom. The lowest BCUT2D eigenvalue weighted by atomic mass is 10.1. The van der Waals surface area contributed by atoms with E-state index < -0.39 is 0 Å².